The highest BCUT2D eigenvalue weighted by Gasteiger charge is 2.26. The third kappa shape index (κ3) is 7.24. The Balaban J connectivity index is 0.000000241. The van der Waals surface area contributed by atoms with Crippen LogP contribution in [0.5, 0.6) is 0 Å². The van der Waals surface area contributed by atoms with Gasteiger partial charge in [0.15, 0.2) is 0 Å². The third-order valence-corrected chi connectivity index (χ3v) is 8.82. The molecule has 0 N–H and O–H groups in total. The molecule has 3 rings (SSSR count). The summed E-state index contributed by atoms with van der Waals surface area (Å²) in [6.45, 7) is 16.6. The van der Waals surface area contributed by atoms with Crippen molar-refractivity contribution in [2.24, 2.45) is 0 Å². The van der Waals surface area contributed by atoms with Gasteiger partial charge in [-0.3, -0.25) is 0 Å². The zero-order valence-corrected chi connectivity index (χ0v) is 22.0. The second kappa shape index (κ2) is 11.8. The maximum Gasteiger partial charge on any atom is 0.243 e. The fraction of sp³-hybridized carbons (Fsp3) is 0.308. The minimum Gasteiger partial charge on any atom is -0.207 e. The Kier molecular flexibility index (Phi) is 9.58. The highest BCUT2D eigenvalue weighted by Crippen LogP contribution is 2.21. The summed E-state index contributed by atoms with van der Waals surface area (Å²) in [6.07, 6.45) is 3.53. The summed E-state index contributed by atoms with van der Waals surface area (Å²) in [5, 5.41) is 0. The molecule has 0 bridgehead atoms. The number of benzene rings is 2. The van der Waals surface area contributed by atoms with Crippen molar-refractivity contribution in [3.63, 3.8) is 0 Å². The van der Waals surface area contributed by atoms with Crippen LogP contribution in [0.1, 0.15) is 25.0 Å². The van der Waals surface area contributed by atoms with Crippen LogP contribution in [-0.2, 0) is 20.0 Å². The Morgan fingerprint density at radius 1 is 0.941 bits per heavy atom. The van der Waals surface area contributed by atoms with Crippen LogP contribution in [0.4, 0.5) is 0 Å². The van der Waals surface area contributed by atoms with Crippen molar-refractivity contribution in [1.82, 2.24) is 8.61 Å². The first-order valence-electron chi connectivity index (χ1n) is 10.9. The third-order valence-electron chi connectivity index (χ3n) is 5.17. The van der Waals surface area contributed by atoms with E-state index in [0.29, 0.717) is 29.4 Å². The van der Waals surface area contributed by atoms with E-state index >= 15 is 0 Å². The molecule has 0 saturated heterocycles. The number of aryl methyl sites for hydroxylation is 2. The molecule has 8 heteroatoms. The highest BCUT2D eigenvalue weighted by molar-refractivity contribution is 7.89. The van der Waals surface area contributed by atoms with Gasteiger partial charge in [0.1, 0.15) is 0 Å². The number of rotatable bonds is 8. The average molecular weight is 503 g/mol. The fourth-order valence-corrected chi connectivity index (χ4v) is 6.15. The fourth-order valence-electron chi connectivity index (χ4n) is 3.26. The molecule has 1 aliphatic heterocycles. The maximum absolute atomic E-state index is 12.4. The maximum atomic E-state index is 12.4. The van der Waals surface area contributed by atoms with E-state index in [-0.39, 0.29) is 6.54 Å². The number of nitrogens with zero attached hydrogens (tertiary/aromatic N) is 2. The largest absolute Gasteiger partial charge is 0.243 e. The minimum absolute atomic E-state index is 0.281. The molecule has 0 saturated carbocycles. The molecule has 34 heavy (non-hydrogen) atoms. The molecule has 1 heterocycles. The van der Waals surface area contributed by atoms with Crippen molar-refractivity contribution >= 4 is 20.0 Å². The van der Waals surface area contributed by atoms with Crippen molar-refractivity contribution in [2.75, 3.05) is 26.2 Å². The molecule has 0 aromatic heterocycles. The van der Waals surface area contributed by atoms with Crippen molar-refractivity contribution in [2.45, 2.75) is 37.5 Å². The quantitative estimate of drug-likeness (QED) is 0.491. The Morgan fingerprint density at radius 3 is 1.85 bits per heavy atom. The summed E-state index contributed by atoms with van der Waals surface area (Å²) in [5.41, 5.74) is 4.00. The molecule has 2 aromatic rings. The zero-order valence-electron chi connectivity index (χ0n) is 20.4. The lowest BCUT2D eigenvalue weighted by Gasteiger charge is -2.20. The van der Waals surface area contributed by atoms with Crippen LogP contribution >= 0.6 is 0 Å². The lowest BCUT2D eigenvalue weighted by Crippen LogP contribution is -2.32. The molecule has 0 amide bonds. The first-order valence-corrected chi connectivity index (χ1v) is 13.8. The molecule has 0 atom stereocenters. The SMILES string of the molecule is C=CCN(CC(=C)C)S(=O)(=O)c1ccc(C)cc1.CC1=CCN(S(=O)(=O)c2ccc(C)cc2)C1. The Bertz CT molecular complexity index is 1240. The summed E-state index contributed by atoms with van der Waals surface area (Å²) >= 11 is 0. The van der Waals surface area contributed by atoms with Gasteiger partial charge < -0.3 is 0 Å². The van der Waals surface area contributed by atoms with Crippen molar-refractivity contribution in [3.05, 3.63) is 96.1 Å². The Labute approximate surface area is 205 Å². The second-order valence-electron chi connectivity index (χ2n) is 8.52. The monoisotopic (exact) mass is 502 g/mol. The van der Waals surface area contributed by atoms with Crippen LogP contribution in [-0.4, -0.2) is 51.6 Å². The lowest BCUT2D eigenvalue weighted by atomic mass is 10.2. The van der Waals surface area contributed by atoms with Crippen LogP contribution in [0.3, 0.4) is 0 Å². The molecule has 184 valence electrons. The summed E-state index contributed by atoms with van der Waals surface area (Å²) in [4.78, 5) is 0.678. The van der Waals surface area contributed by atoms with E-state index in [4.69, 9.17) is 0 Å². The van der Waals surface area contributed by atoms with Gasteiger partial charge in [-0.15, -0.1) is 6.58 Å². The van der Waals surface area contributed by atoms with Gasteiger partial charge in [0, 0.05) is 26.2 Å². The second-order valence-corrected chi connectivity index (χ2v) is 12.4. The number of sulfonamides is 2. The van der Waals surface area contributed by atoms with E-state index in [0.717, 1.165) is 22.3 Å². The standard InChI is InChI=1S/C14H19NO2S.C12H15NO2S/c1-5-10-15(11-12(2)3)18(16,17)14-8-6-13(4)7-9-14;1-10-3-5-12(6-4-10)16(14,15)13-8-7-11(2)9-13/h5-9H,1-2,10-11H2,3-4H3;3-7H,8-9H2,1-2H3. The topological polar surface area (TPSA) is 74.8 Å². The molecule has 2 aromatic carbocycles. The van der Waals surface area contributed by atoms with Crippen LogP contribution in [0, 0.1) is 13.8 Å². The van der Waals surface area contributed by atoms with Gasteiger partial charge in [-0.1, -0.05) is 65.3 Å². The predicted molar refractivity (Wildman–Crippen MR) is 139 cm³/mol. The minimum atomic E-state index is -3.47. The van der Waals surface area contributed by atoms with Gasteiger partial charge in [-0.2, -0.15) is 8.61 Å². The lowest BCUT2D eigenvalue weighted by molar-refractivity contribution is 0.467. The molecule has 0 radical (unpaired) electrons. The van der Waals surface area contributed by atoms with E-state index in [2.05, 4.69) is 13.2 Å². The van der Waals surface area contributed by atoms with Gasteiger partial charge in [0.05, 0.1) is 9.79 Å². The van der Waals surface area contributed by atoms with Gasteiger partial charge in [0.25, 0.3) is 0 Å². The van der Waals surface area contributed by atoms with Crippen LogP contribution in [0.15, 0.2) is 94.8 Å². The number of hydrogen-bond donors (Lipinski definition) is 0. The first-order chi connectivity index (χ1) is 15.9. The zero-order chi connectivity index (χ0) is 25.5. The van der Waals surface area contributed by atoms with E-state index in [9.17, 15) is 16.8 Å². The average Bonchev–Trinajstić information content (AvgIpc) is 3.21. The Morgan fingerprint density at radius 2 is 1.44 bits per heavy atom. The van der Waals surface area contributed by atoms with E-state index in [1.54, 1.807) is 49.4 Å². The predicted octanol–water partition coefficient (Wildman–Crippen LogP) is 4.69. The van der Waals surface area contributed by atoms with Crippen molar-refractivity contribution in [1.29, 1.82) is 0 Å². The van der Waals surface area contributed by atoms with Gasteiger partial charge in [-0.05, 0) is 52.0 Å². The number of hydrogen-bond acceptors (Lipinski definition) is 4. The summed E-state index contributed by atoms with van der Waals surface area (Å²) in [5.74, 6) is 0. The van der Waals surface area contributed by atoms with E-state index < -0.39 is 20.0 Å². The van der Waals surface area contributed by atoms with Gasteiger partial charge in [0.2, 0.25) is 20.0 Å². The highest BCUT2D eigenvalue weighted by atomic mass is 32.2. The molecule has 0 spiro atoms. The van der Waals surface area contributed by atoms with E-state index in [1.807, 2.05) is 39.0 Å². The van der Waals surface area contributed by atoms with Gasteiger partial charge in [-0.25, -0.2) is 16.8 Å². The van der Waals surface area contributed by atoms with Crippen LogP contribution in [0.2, 0.25) is 0 Å². The Hall–Kier alpha value is -2.52. The van der Waals surface area contributed by atoms with Crippen LogP contribution < -0.4 is 0 Å². The van der Waals surface area contributed by atoms with Crippen molar-refractivity contribution < 1.29 is 16.8 Å². The van der Waals surface area contributed by atoms with Gasteiger partial charge >= 0.3 is 0 Å². The summed E-state index contributed by atoms with van der Waals surface area (Å²) in [6, 6.07) is 13.8. The molecule has 1 aliphatic rings. The molecule has 0 fully saturated rings. The molecule has 0 unspecified atom stereocenters. The summed E-state index contributed by atoms with van der Waals surface area (Å²) < 4.78 is 52.0. The first kappa shape index (κ1) is 27.7. The summed E-state index contributed by atoms with van der Waals surface area (Å²) in [7, 11) is -6.78. The molecular formula is C26H34N2O4S2. The molecule has 6 nitrogen and oxygen atoms in total. The van der Waals surface area contributed by atoms with E-state index in [1.165, 1.54) is 8.61 Å². The van der Waals surface area contributed by atoms with Crippen molar-refractivity contribution in [3.8, 4) is 0 Å². The smallest absolute Gasteiger partial charge is 0.207 e. The normalized spacial score (nSPS) is 14.3. The molecule has 0 aliphatic carbocycles. The van der Waals surface area contributed by atoms with Crippen LogP contribution in [0.25, 0.3) is 0 Å². The molecular weight excluding hydrogens is 468 g/mol.